The Morgan fingerprint density at radius 1 is 1.42 bits per heavy atom. The predicted octanol–water partition coefficient (Wildman–Crippen LogP) is 1.10. The van der Waals surface area contributed by atoms with E-state index in [1.165, 1.54) is 6.07 Å². The van der Waals surface area contributed by atoms with Crippen molar-refractivity contribution in [3.63, 3.8) is 0 Å². The van der Waals surface area contributed by atoms with Crippen molar-refractivity contribution >= 4 is 42.9 Å². The van der Waals surface area contributed by atoms with Crippen LogP contribution in [0, 0.1) is 0 Å². The van der Waals surface area contributed by atoms with E-state index in [0.29, 0.717) is 5.69 Å². The maximum atomic E-state index is 10.5. The second kappa shape index (κ2) is 5.04. The molecule has 3 nitrogen and oxygen atoms in total. The first-order valence-electron chi connectivity index (χ1n) is 2.91. The second-order valence-electron chi connectivity index (χ2n) is 1.91. The van der Waals surface area contributed by atoms with Crippen molar-refractivity contribution in [2.24, 2.45) is 4.36 Å². The average Bonchev–Trinajstić information content (AvgIpc) is 2.04. The Bertz CT molecular complexity index is 303. The van der Waals surface area contributed by atoms with Crippen molar-refractivity contribution < 1.29 is 9.90 Å². The molecule has 0 aliphatic rings. The van der Waals surface area contributed by atoms with Crippen molar-refractivity contribution in [3.05, 3.63) is 29.8 Å². The molecule has 0 heterocycles. The Labute approximate surface area is 87.1 Å². The van der Waals surface area contributed by atoms with Crippen molar-refractivity contribution in [1.82, 2.24) is 0 Å². The minimum atomic E-state index is -1.01. The van der Waals surface area contributed by atoms with Gasteiger partial charge in [-0.15, -0.1) is 0 Å². The molecule has 0 aliphatic carbocycles. The van der Waals surface area contributed by atoms with Gasteiger partial charge in [0.05, 0.1) is 11.3 Å². The van der Waals surface area contributed by atoms with Gasteiger partial charge >= 0.3 is 24.8 Å². The molecule has 0 saturated carbocycles. The van der Waals surface area contributed by atoms with Crippen LogP contribution in [0.5, 0.6) is 0 Å². The topological polar surface area (TPSA) is 49.7 Å². The number of nitrogens with zero attached hydrogens (tertiary/aromatic N) is 1. The van der Waals surface area contributed by atoms with Crippen LogP contribution in [0.25, 0.3) is 0 Å². The van der Waals surface area contributed by atoms with Gasteiger partial charge in [-0.1, -0.05) is 12.1 Å². The third-order valence-electron chi connectivity index (χ3n) is 1.23. The van der Waals surface area contributed by atoms with Gasteiger partial charge in [0.2, 0.25) is 0 Å². The van der Waals surface area contributed by atoms with Gasteiger partial charge < -0.3 is 5.11 Å². The summed E-state index contributed by atoms with van der Waals surface area (Å²) in [6, 6.07) is 6.36. The summed E-state index contributed by atoms with van der Waals surface area (Å²) in [5.74, 6) is -1.01. The molecular weight excluding hydrogens is 169 g/mol. The standard InChI is InChI=1S/C7H5NO2S.Li.H/c9-7(10)5-3-1-2-4-6(5)8-11;;/h1-4H,(H,9,10);;. The molecule has 0 aromatic heterocycles. The minimum absolute atomic E-state index is 0. The van der Waals surface area contributed by atoms with Crippen LogP contribution >= 0.6 is 0 Å². The summed E-state index contributed by atoms with van der Waals surface area (Å²) >= 11 is 4.39. The Hall–Kier alpha value is -0.693. The average molecular weight is 175 g/mol. The molecule has 5 heteroatoms. The molecule has 0 atom stereocenters. The number of carboxylic acid groups (broad SMARTS) is 1. The number of rotatable bonds is 2. The zero-order chi connectivity index (χ0) is 8.27. The summed E-state index contributed by atoms with van der Waals surface area (Å²) in [5.41, 5.74) is 0.470. The molecule has 1 aromatic rings. The molecule has 1 aromatic carbocycles. The first-order chi connectivity index (χ1) is 5.25. The van der Waals surface area contributed by atoms with E-state index in [2.05, 4.69) is 16.8 Å². The van der Waals surface area contributed by atoms with Crippen molar-refractivity contribution in [1.29, 1.82) is 0 Å². The van der Waals surface area contributed by atoms with E-state index in [-0.39, 0.29) is 24.4 Å². The van der Waals surface area contributed by atoms with Crippen LogP contribution in [0.4, 0.5) is 5.69 Å². The van der Waals surface area contributed by atoms with Gasteiger partial charge in [0.15, 0.2) is 0 Å². The summed E-state index contributed by atoms with van der Waals surface area (Å²) in [7, 11) is 0. The summed E-state index contributed by atoms with van der Waals surface area (Å²) in [5, 5.41) is 8.59. The zero-order valence-electron chi connectivity index (χ0n) is 5.52. The molecule has 1 N–H and O–H groups in total. The fraction of sp³-hybridized carbons (Fsp3) is 0. The third-order valence-corrected chi connectivity index (χ3v) is 1.43. The molecule has 0 bridgehead atoms. The van der Waals surface area contributed by atoms with E-state index >= 15 is 0 Å². The zero-order valence-corrected chi connectivity index (χ0v) is 6.34. The summed E-state index contributed by atoms with van der Waals surface area (Å²) in [4.78, 5) is 10.5. The third kappa shape index (κ3) is 2.42. The van der Waals surface area contributed by atoms with Crippen LogP contribution in [0.1, 0.15) is 10.4 Å². The molecule has 0 saturated heterocycles. The predicted molar refractivity (Wildman–Crippen MR) is 50.0 cm³/mol. The Balaban J connectivity index is 0.00000121. The van der Waals surface area contributed by atoms with Gasteiger partial charge in [-0.2, -0.15) is 4.36 Å². The number of carboxylic acids is 1. The maximum absolute atomic E-state index is 10.5. The molecule has 0 unspecified atom stereocenters. The molecule has 0 radical (unpaired) electrons. The molecule has 0 amide bonds. The van der Waals surface area contributed by atoms with Crippen LogP contribution < -0.4 is 0 Å². The van der Waals surface area contributed by atoms with E-state index in [4.69, 9.17) is 5.11 Å². The van der Waals surface area contributed by atoms with Crippen LogP contribution in [0.2, 0.25) is 0 Å². The molecule has 0 spiro atoms. The van der Waals surface area contributed by atoms with E-state index < -0.39 is 5.97 Å². The first kappa shape index (κ1) is 11.3. The molecule has 0 fully saturated rings. The van der Waals surface area contributed by atoms with Gasteiger partial charge in [-0.05, 0) is 12.1 Å². The monoisotopic (exact) mass is 175 g/mol. The van der Waals surface area contributed by atoms with Crippen molar-refractivity contribution in [3.8, 4) is 0 Å². The van der Waals surface area contributed by atoms with E-state index in [1.54, 1.807) is 18.2 Å². The number of hydrogen-bond donors (Lipinski definition) is 1. The quantitative estimate of drug-likeness (QED) is 0.684. The summed E-state index contributed by atoms with van der Waals surface area (Å²) in [6.07, 6.45) is 0. The first-order valence-corrected chi connectivity index (χ1v) is 3.28. The van der Waals surface area contributed by atoms with Crippen molar-refractivity contribution in [2.45, 2.75) is 0 Å². The van der Waals surface area contributed by atoms with E-state index in [1.807, 2.05) is 0 Å². The van der Waals surface area contributed by atoms with Crippen LogP contribution in [-0.2, 0) is 12.4 Å². The fourth-order valence-electron chi connectivity index (χ4n) is 0.734. The van der Waals surface area contributed by atoms with Crippen LogP contribution in [-0.4, -0.2) is 29.9 Å². The van der Waals surface area contributed by atoms with E-state index in [0.717, 1.165) is 0 Å². The second-order valence-corrected chi connectivity index (χ2v) is 2.10. The molecule has 0 aliphatic heterocycles. The molecule has 12 heavy (non-hydrogen) atoms. The van der Waals surface area contributed by atoms with Gasteiger partial charge in [0.25, 0.3) is 0 Å². The van der Waals surface area contributed by atoms with Gasteiger partial charge in [0, 0.05) is 12.4 Å². The number of benzene rings is 1. The van der Waals surface area contributed by atoms with Gasteiger partial charge in [-0.3, -0.25) is 0 Å². The summed E-state index contributed by atoms with van der Waals surface area (Å²) in [6.45, 7) is 0. The number of hydrogen-bond acceptors (Lipinski definition) is 3. The van der Waals surface area contributed by atoms with Crippen LogP contribution in [0.3, 0.4) is 0 Å². The Morgan fingerprint density at radius 2 is 2.00 bits per heavy atom. The number of carbonyl (C=O) groups is 1. The molecular formula is C7H6LiNO2S. The Kier molecular flexibility index (Phi) is 4.75. The Morgan fingerprint density at radius 3 is 2.42 bits per heavy atom. The SMILES string of the molecule is O=C(O)c1ccccc1N=S.[LiH]. The fourth-order valence-corrected chi connectivity index (χ4v) is 0.893. The molecule has 58 valence electrons. The van der Waals surface area contributed by atoms with Gasteiger partial charge in [-0.25, -0.2) is 4.79 Å². The molecule has 1 rings (SSSR count). The number of aromatic carboxylic acids is 1. The van der Waals surface area contributed by atoms with Crippen LogP contribution in [0.15, 0.2) is 28.6 Å². The normalized spacial score (nSPS) is 8.33. The summed E-state index contributed by atoms with van der Waals surface area (Å²) < 4.78 is 3.39. The van der Waals surface area contributed by atoms with E-state index in [9.17, 15) is 4.79 Å². The van der Waals surface area contributed by atoms with Gasteiger partial charge in [0.1, 0.15) is 0 Å². The van der Waals surface area contributed by atoms with Crippen molar-refractivity contribution in [2.75, 3.05) is 0 Å².